The molecule has 4 heteroatoms. The van der Waals surface area contributed by atoms with Crippen molar-refractivity contribution < 1.29 is 14.2 Å². The van der Waals surface area contributed by atoms with Crippen LogP contribution in [0, 0.1) is 0 Å². The third kappa shape index (κ3) is 4.08. The van der Waals surface area contributed by atoms with Crippen molar-refractivity contribution >= 4 is 0 Å². The van der Waals surface area contributed by atoms with Crippen molar-refractivity contribution in [2.24, 2.45) is 5.73 Å². The summed E-state index contributed by atoms with van der Waals surface area (Å²) in [6, 6.07) is 5.68. The molecule has 0 aliphatic carbocycles. The molecule has 1 aromatic carbocycles. The van der Waals surface area contributed by atoms with Gasteiger partial charge in [0, 0.05) is 32.7 Å². The van der Waals surface area contributed by atoms with Gasteiger partial charge in [-0.05, 0) is 17.7 Å². The van der Waals surface area contributed by atoms with Crippen LogP contribution in [0.15, 0.2) is 18.2 Å². The zero-order valence-corrected chi connectivity index (χ0v) is 9.86. The molecular formula is C12H19NO3. The number of hydrogen-bond acceptors (Lipinski definition) is 4. The van der Waals surface area contributed by atoms with Gasteiger partial charge < -0.3 is 19.9 Å². The Labute approximate surface area is 96.3 Å². The van der Waals surface area contributed by atoms with Crippen LogP contribution in [0.5, 0.6) is 11.5 Å². The molecular weight excluding hydrogens is 206 g/mol. The van der Waals surface area contributed by atoms with Gasteiger partial charge in [-0.1, -0.05) is 0 Å². The van der Waals surface area contributed by atoms with E-state index >= 15 is 0 Å². The maximum atomic E-state index is 5.59. The van der Waals surface area contributed by atoms with Crippen molar-refractivity contribution in [3.63, 3.8) is 0 Å². The minimum atomic E-state index is 0.478. The minimum Gasteiger partial charge on any atom is -0.497 e. The van der Waals surface area contributed by atoms with Crippen molar-refractivity contribution in [1.82, 2.24) is 0 Å². The van der Waals surface area contributed by atoms with E-state index in [1.165, 1.54) is 0 Å². The SMILES string of the molecule is COCCCOc1cc(CN)cc(OC)c1. The van der Waals surface area contributed by atoms with E-state index in [-0.39, 0.29) is 0 Å². The highest BCUT2D eigenvalue weighted by Gasteiger charge is 2.01. The maximum absolute atomic E-state index is 5.59. The van der Waals surface area contributed by atoms with E-state index in [9.17, 15) is 0 Å². The van der Waals surface area contributed by atoms with Gasteiger partial charge in [-0.25, -0.2) is 0 Å². The molecule has 0 radical (unpaired) electrons. The average molecular weight is 225 g/mol. The van der Waals surface area contributed by atoms with E-state index in [1.54, 1.807) is 14.2 Å². The highest BCUT2D eigenvalue weighted by atomic mass is 16.5. The Morgan fingerprint density at radius 2 is 1.81 bits per heavy atom. The number of benzene rings is 1. The monoisotopic (exact) mass is 225 g/mol. The normalized spacial score (nSPS) is 10.2. The van der Waals surface area contributed by atoms with Crippen LogP contribution in [-0.4, -0.2) is 27.4 Å². The molecule has 0 atom stereocenters. The Hall–Kier alpha value is -1.26. The fourth-order valence-corrected chi connectivity index (χ4v) is 1.34. The van der Waals surface area contributed by atoms with Gasteiger partial charge in [0.1, 0.15) is 11.5 Å². The number of methoxy groups -OCH3 is 2. The lowest BCUT2D eigenvalue weighted by atomic mass is 10.2. The summed E-state index contributed by atoms with van der Waals surface area (Å²) < 4.78 is 15.7. The molecule has 0 heterocycles. The second-order valence-electron chi connectivity index (χ2n) is 3.42. The molecule has 0 aliphatic rings. The van der Waals surface area contributed by atoms with E-state index in [4.69, 9.17) is 19.9 Å². The van der Waals surface area contributed by atoms with Crippen molar-refractivity contribution in [3.05, 3.63) is 23.8 Å². The lowest BCUT2D eigenvalue weighted by molar-refractivity contribution is 0.172. The summed E-state index contributed by atoms with van der Waals surface area (Å²) in [5.74, 6) is 1.56. The predicted molar refractivity (Wildman–Crippen MR) is 62.9 cm³/mol. The Bertz CT molecular complexity index is 293. The van der Waals surface area contributed by atoms with Crippen LogP contribution in [0.4, 0.5) is 0 Å². The second kappa shape index (κ2) is 7.09. The second-order valence-corrected chi connectivity index (χ2v) is 3.42. The molecule has 0 aromatic heterocycles. The van der Waals surface area contributed by atoms with Gasteiger partial charge in [0.25, 0.3) is 0 Å². The van der Waals surface area contributed by atoms with Crippen LogP contribution >= 0.6 is 0 Å². The topological polar surface area (TPSA) is 53.7 Å². The van der Waals surface area contributed by atoms with Crippen LogP contribution in [-0.2, 0) is 11.3 Å². The quantitative estimate of drug-likeness (QED) is 0.716. The summed E-state index contributed by atoms with van der Waals surface area (Å²) in [6.07, 6.45) is 0.867. The largest absolute Gasteiger partial charge is 0.497 e. The van der Waals surface area contributed by atoms with Crippen LogP contribution in [0.25, 0.3) is 0 Å². The number of rotatable bonds is 7. The molecule has 0 bridgehead atoms. The van der Waals surface area contributed by atoms with E-state index < -0.39 is 0 Å². The summed E-state index contributed by atoms with van der Waals surface area (Å²) in [6.45, 7) is 1.81. The van der Waals surface area contributed by atoms with Gasteiger partial charge in [0.2, 0.25) is 0 Å². The van der Waals surface area contributed by atoms with Crippen molar-refractivity contribution in [2.75, 3.05) is 27.4 Å². The number of hydrogen-bond donors (Lipinski definition) is 1. The lowest BCUT2D eigenvalue weighted by Crippen LogP contribution is -2.03. The van der Waals surface area contributed by atoms with Gasteiger partial charge >= 0.3 is 0 Å². The van der Waals surface area contributed by atoms with Gasteiger partial charge in [0.05, 0.1) is 13.7 Å². The van der Waals surface area contributed by atoms with Gasteiger partial charge in [-0.3, -0.25) is 0 Å². The molecule has 0 unspecified atom stereocenters. The third-order valence-electron chi connectivity index (χ3n) is 2.17. The number of ether oxygens (including phenoxy) is 3. The predicted octanol–water partition coefficient (Wildman–Crippen LogP) is 1.57. The number of nitrogens with two attached hydrogens (primary N) is 1. The molecule has 16 heavy (non-hydrogen) atoms. The molecule has 0 fully saturated rings. The van der Waals surface area contributed by atoms with E-state index in [2.05, 4.69) is 0 Å². The molecule has 1 aromatic rings. The van der Waals surface area contributed by atoms with E-state index in [0.29, 0.717) is 19.8 Å². The molecule has 4 nitrogen and oxygen atoms in total. The Morgan fingerprint density at radius 3 is 2.44 bits per heavy atom. The van der Waals surface area contributed by atoms with E-state index in [1.807, 2.05) is 18.2 Å². The van der Waals surface area contributed by atoms with Crippen LogP contribution in [0.1, 0.15) is 12.0 Å². The smallest absolute Gasteiger partial charge is 0.123 e. The third-order valence-corrected chi connectivity index (χ3v) is 2.17. The van der Waals surface area contributed by atoms with Crippen LogP contribution in [0.2, 0.25) is 0 Å². The van der Waals surface area contributed by atoms with Crippen molar-refractivity contribution in [2.45, 2.75) is 13.0 Å². The van der Waals surface area contributed by atoms with Gasteiger partial charge in [0.15, 0.2) is 0 Å². The maximum Gasteiger partial charge on any atom is 0.123 e. The first-order valence-corrected chi connectivity index (χ1v) is 5.30. The molecule has 0 spiro atoms. The fraction of sp³-hybridized carbons (Fsp3) is 0.500. The van der Waals surface area contributed by atoms with Crippen molar-refractivity contribution in [3.8, 4) is 11.5 Å². The van der Waals surface area contributed by atoms with Crippen LogP contribution in [0.3, 0.4) is 0 Å². The molecule has 1 rings (SSSR count). The molecule has 0 saturated carbocycles. The Morgan fingerprint density at radius 1 is 1.06 bits per heavy atom. The lowest BCUT2D eigenvalue weighted by Gasteiger charge is -2.09. The van der Waals surface area contributed by atoms with Gasteiger partial charge in [-0.2, -0.15) is 0 Å². The van der Waals surface area contributed by atoms with E-state index in [0.717, 1.165) is 23.5 Å². The molecule has 0 saturated heterocycles. The van der Waals surface area contributed by atoms with Gasteiger partial charge in [-0.15, -0.1) is 0 Å². The molecule has 0 amide bonds. The first kappa shape index (κ1) is 12.8. The zero-order valence-electron chi connectivity index (χ0n) is 9.86. The first-order chi connectivity index (χ1) is 7.80. The molecule has 90 valence electrons. The summed E-state index contributed by atoms with van der Waals surface area (Å²) in [4.78, 5) is 0. The van der Waals surface area contributed by atoms with Crippen LogP contribution < -0.4 is 15.2 Å². The highest BCUT2D eigenvalue weighted by Crippen LogP contribution is 2.22. The summed E-state index contributed by atoms with van der Waals surface area (Å²) in [5.41, 5.74) is 6.59. The summed E-state index contributed by atoms with van der Waals surface area (Å²) >= 11 is 0. The zero-order chi connectivity index (χ0) is 11.8. The summed E-state index contributed by atoms with van der Waals surface area (Å²) in [7, 11) is 3.31. The van der Waals surface area contributed by atoms with Crippen molar-refractivity contribution in [1.29, 1.82) is 0 Å². The first-order valence-electron chi connectivity index (χ1n) is 5.30. The average Bonchev–Trinajstić information content (AvgIpc) is 2.34. The summed E-state index contributed by atoms with van der Waals surface area (Å²) in [5, 5.41) is 0. The highest BCUT2D eigenvalue weighted by molar-refractivity contribution is 5.38. The molecule has 2 N–H and O–H groups in total. The standard InChI is InChI=1S/C12H19NO3/c1-14-4-3-5-16-12-7-10(9-13)6-11(8-12)15-2/h6-8H,3-5,9,13H2,1-2H3. The minimum absolute atomic E-state index is 0.478. The Balaban J connectivity index is 2.57. The molecule has 0 aliphatic heterocycles. The Kier molecular flexibility index (Phi) is 5.67. The fourth-order valence-electron chi connectivity index (χ4n) is 1.34.